The van der Waals surface area contributed by atoms with Gasteiger partial charge in [0.15, 0.2) is 16.6 Å². The third-order valence-corrected chi connectivity index (χ3v) is 21.7. The Morgan fingerprint density at radius 1 is 0.514 bits per heavy atom. The molecule has 0 aliphatic carbocycles. The summed E-state index contributed by atoms with van der Waals surface area (Å²) >= 11 is 0. The van der Waals surface area contributed by atoms with Crippen LogP contribution >= 0.6 is 0 Å². The van der Waals surface area contributed by atoms with Crippen molar-refractivity contribution in [2.75, 3.05) is 0 Å². The van der Waals surface area contributed by atoms with Crippen LogP contribution in [0.5, 0.6) is 0 Å². The fourth-order valence-electron chi connectivity index (χ4n) is 5.10. The van der Waals surface area contributed by atoms with Crippen LogP contribution in [0.4, 0.5) is 0 Å². The Morgan fingerprint density at radius 3 is 1.14 bits per heavy atom. The van der Waals surface area contributed by atoms with Gasteiger partial charge in [-0.1, -0.05) is 127 Å². The first kappa shape index (κ1) is 32.0. The molecule has 0 aliphatic heterocycles. The minimum Gasteiger partial charge on any atom is -0.454 e. The Labute approximate surface area is 233 Å². The quantitative estimate of drug-likeness (QED) is 0.172. The summed E-state index contributed by atoms with van der Waals surface area (Å²) in [5.41, 5.74) is 5.66. The van der Waals surface area contributed by atoms with Gasteiger partial charge in [-0.25, -0.2) is 0 Å². The van der Waals surface area contributed by atoms with Gasteiger partial charge in [0.2, 0.25) is 0 Å². The highest BCUT2D eigenvalue weighted by atomic mass is 28.4. The summed E-state index contributed by atoms with van der Waals surface area (Å²) in [6.07, 6.45) is 10.2. The first-order valence-electron chi connectivity index (χ1n) is 15.0. The molecule has 0 fully saturated rings. The molecule has 208 valence electrons. The third kappa shape index (κ3) is 10.1. The Kier molecular flexibility index (Phi) is 11.9. The lowest BCUT2D eigenvalue weighted by atomic mass is 10.1. The van der Waals surface area contributed by atoms with E-state index >= 15 is 0 Å². The molecule has 0 spiro atoms. The predicted molar refractivity (Wildman–Crippen MR) is 171 cm³/mol. The van der Waals surface area contributed by atoms with Crippen molar-refractivity contribution < 1.29 is 4.12 Å². The SMILES string of the molecule is Cc1ccc(CCCCC[Si](C)(O[Si](C)(CCCCCc2ccc(C)cc2)C(C)(C)C)C(C)(C)C)cc1. The molecule has 0 saturated carbocycles. The van der Waals surface area contributed by atoms with Crippen molar-refractivity contribution in [1.82, 2.24) is 0 Å². The fraction of sp³-hybridized carbons (Fsp3) is 0.647. The molecule has 0 heterocycles. The molecule has 2 rings (SSSR count). The maximum Gasteiger partial charge on any atom is 0.182 e. The molecule has 0 amide bonds. The number of unbranched alkanes of at least 4 members (excludes halogenated alkanes) is 4. The standard InChI is InChI=1S/C34H58OSi2/c1-29-19-23-31(24-20-29)17-13-11-15-27-36(9,33(3,4)5)35-37(10,34(6,7)8)28-16-12-14-18-32-25-21-30(2)22-26-32/h19-26H,11-18,27-28H2,1-10H3. The van der Waals surface area contributed by atoms with Gasteiger partial charge in [-0.15, -0.1) is 0 Å². The molecule has 2 aromatic rings. The minimum atomic E-state index is -1.90. The van der Waals surface area contributed by atoms with Gasteiger partial charge in [-0.3, -0.25) is 0 Å². The van der Waals surface area contributed by atoms with E-state index in [0.717, 1.165) is 0 Å². The fourth-order valence-corrected chi connectivity index (χ4v) is 15.7. The van der Waals surface area contributed by atoms with E-state index in [-0.39, 0.29) is 10.1 Å². The van der Waals surface area contributed by atoms with E-state index in [1.165, 1.54) is 85.7 Å². The van der Waals surface area contributed by atoms with Gasteiger partial charge in [0.05, 0.1) is 0 Å². The highest BCUT2D eigenvalue weighted by Gasteiger charge is 2.50. The molecular formula is C34H58OSi2. The van der Waals surface area contributed by atoms with Gasteiger partial charge in [0.25, 0.3) is 0 Å². The molecule has 1 nitrogen and oxygen atoms in total. The highest BCUT2D eigenvalue weighted by Crippen LogP contribution is 2.49. The first-order valence-corrected chi connectivity index (χ1v) is 20.2. The molecule has 0 aliphatic rings. The summed E-state index contributed by atoms with van der Waals surface area (Å²) in [4.78, 5) is 0. The van der Waals surface area contributed by atoms with Crippen LogP contribution in [0, 0.1) is 13.8 Å². The van der Waals surface area contributed by atoms with E-state index in [2.05, 4.69) is 117 Å². The van der Waals surface area contributed by atoms with Gasteiger partial charge in [-0.2, -0.15) is 0 Å². The Balaban J connectivity index is 1.93. The Morgan fingerprint density at radius 2 is 0.838 bits per heavy atom. The molecular weight excluding hydrogens is 481 g/mol. The van der Waals surface area contributed by atoms with Gasteiger partial charge < -0.3 is 4.12 Å². The monoisotopic (exact) mass is 538 g/mol. The summed E-state index contributed by atoms with van der Waals surface area (Å²) < 4.78 is 7.59. The average molecular weight is 539 g/mol. The van der Waals surface area contributed by atoms with Gasteiger partial charge in [0, 0.05) is 0 Å². The molecule has 37 heavy (non-hydrogen) atoms. The molecule has 2 aromatic carbocycles. The van der Waals surface area contributed by atoms with Crippen LogP contribution in [0.25, 0.3) is 0 Å². The zero-order valence-corrected chi connectivity index (χ0v) is 28.1. The topological polar surface area (TPSA) is 9.23 Å². The molecule has 0 bridgehead atoms. The van der Waals surface area contributed by atoms with Gasteiger partial charge in [-0.05, 0) is 85.9 Å². The van der Waals surface area contributed by atoms with Crippen LogP contribution < -0.4 is 0 Å². The van der Waals surface area contributed by atoms with Crippen molar-refractivity contribution in [3.05, 3.63) is 70.8 Å². The normalized spacial score (nSPS) is 15.8. The molecule has 2 atom stereocenters. The lowest BCUT2D eigenvalue weighted by Gasteiger charge is -2.50. The second kappa shape index (κ2) is 13.8. The Bertz CT molecular complexity index is 843. The van der Waals surface area contributed by atoms with Crippen molar-refractivity contribution in [3.8, 4) is 0 Å². The van der Waals surface area contributed by atoms with Gasteiger partial charge >= 0.3 is 0 Å². The first-order chi connectivity index (χ1) is 17.2. The zero-order chi connectivity index (χ0) is 27.7. The summed E-state index contributed by atoms with van der Waals surface area (Å²) in [6, 6.07) is 20.7. The number of hydrogen-bond acceptors (Lipinski definition) is 1. The van der Waals surface area contributed by atoms with E-state index in [0.29, 0.717) is 0 Å². The number of benzene rings is 2. The minimum absolute atomic E-state index is 0.259. The molecule has 3 heteroatoms. The van der Waals surface area contributed by atoms with E-state index in [1.54, 1.807) is 0 Å². The van der Waals surface area contributed by atoms with Crippen molar-refractivity contribution in [3.63, 3.8) is 0 Å². The lowest BCUT2D eigenvalue weighted by molar-refractivity contribution is 0.425. The largest absolute Gasteiger partial charge is 0.454 e. The summed E-state index contributed by atoms with van der Waals surface area (Å²) in [7, 11) is -3.80. The van der Waals surface area contributed by atoms with Crippen LogP contribution in [0.2, 0.25) is 35.3 Å². The van der Waals surface area contributed by atoms with Crippen molar-refractivity contribution in [1.29, 1.82) is 0 Å². The van der Waals surface area contributed by atoms with Crippen molar-refractivity contribution in [2.24, 2.45) is 0 Å². The number of rotatable bonds is 14. The lowest BCUT2D eigenvalue weighted by Crippen LogP contribution is -2.56. The zero-order valence-electron chi connectivity index (χ0n) is 26.1. The van der Waals surface area contributed by atoms with E-state index in [1.807, 2.05) is 0 Å². The Hall–Kier alpha value is -1.17. The number of hydrogen-bond donors (Lipinski definition) is 0. The van der Waals surface area contributed by atoms with E-state index < -0.39 is 16.6 Å². The molecule has 0 radical (unpaired) electrons. The van der Waals surface area contributed by atoms with Crippen LogP contribution in [0.3, 0.4) is 0 Å². The average Bonchev–Trinajstić information content (AvgIpc) is 2.79. The maximum atomic E-state index is 7.59. The van der Waals surface area contributed by atoms with Crippen molar-refractivity contribution >= 4 is 16.6 Å². The summed E-state index contributed by atoms with van der Waals surface area (Å²) in [5, 5.41) is 0.518. The van der Waals surface area contributed by atoms with Gasteiger partial charge in [0.1, 0.15) is 0 Å². The van der Waals surface area contributed by atoms with Crippen LogP contribution in [0.15, 0.2) is 48.5 Å². The molecule has 0 aromatic heterocycles. The van der Waals surface area contributed by atoms with Crippen molar-refractivity contribution in [2.45, 2.75) is 142 Å². The molecule has 2 unspecified atom stereocenters. The second-order valence-electron chi connectivity index (χ2n) is 14.2. The van der Waals surface area contributed by atoms with E-state index in [4.69, 9.17) is 4.12 Å². The van der Waals surface area contributed by atoms with E-state index in [9.17, 15) is 0 Å². The van der Waals surface area contributed by atoms with Crippen LogP contribution in [-0.2, 0) is 17.0 Å². The summed E-state index contributed by atoms with van der Waals surface area (Å²) in [6.45, 7) is 24.1. The van der Waals surface area contributed by atoms with Crippen LogP contribution in [0.1, 0.15) is 102 Å². The smallest absolute Gasteiger partial charge is 0.182 e. The number of aryl methyl sites for hydroxylation is 4. The molecule has 0 N–H and O–H groups in total. The third-order valence-electron chi connectivity index (χ3n) is 9.10. The molecule has 0 saturated heterocycles. The maximum absolute atomic E-state index is 7.59. The second-order valence-corrected chi connectivity index (χ2v) is 23.9. The predicted octanol–water partition coefficient (Wildman–Crippen LogP) is 11.2. The van der Waals surface area contributed by atoms with Crippen LogP contribution in [-0.4, -0.2) is 16.6 Å². The summed E-state index contributed by atoms with van der Waals surface area (Å²) in [5.74, 6) is 0. The highest BCUT2D eigenvalue weighted by molar-refractivity contribution is 6.88.